The summed E-state index contributed by atoms with van der Waals surface area (Å²) in [5.74, 6) is 0. The molecule has 1 saturated carbocycles. The van der Waals surface area contributed by atoms with Crippen molar-refractivity contribution in [3.63, 3.8) is 0 Å². The van der Waals surface area contributed by atoms with Gasteiger partial charge in [-0.3, -0.25) is 0 Å². The molecule has 0 radical (unpaired) electrons. The van der Waals surface area contributed by atoms with Crippen molar-refractivity contribution >= 4 is 0 Å². The average molecular weight is 145 g/mol. The zero-order valence-corrected chi connectivity index (χ0v) is 6.57. The standard InChI is InChI=1S/C8H16FN/c1-2-10-8-6-4-3-5-7(8)9/h7-8,10H,2-6H2,1H3/t7-,8-/m1/s1. The minimum atomic E-state index is -0.589. The highest BCUT2D eigenvalue weighted by atomic mass is 19.1. The largest absolute Gasteiger partial charge is 0.311 e. The topological polar surface area (TPSA) is 12.0 Å². The normalized spacial score (nSPS) is 34.2. The van der Waals surface area contributed by atoms with Gasteiger partial charge < -0.3 is 5.32 Å². The lowest BCUT2D eigenvalue weighted by molar-refractivity contribution is 0.191. The lowest BCUT2D eigenvalue weighted by Gasteiger charge is -2.26. The third-order valence-electron chi connectivity index (χ3n) is 2.15. The lowest BCUT2D eigenvalue weighted by Crippen LogP contribution is -2.39. The Balaban J connectivity index is 2.25. The predicted molar refractivity (Wildman–Crippen MR) is 40.8 cm³/mol. The number of alkyl halides is 1. The van der Waals surface area contributed by atoms with Crippen molar-refractivity contribution in [2.45, 2.75) is 44.8 Å². The molecule has 0 aromatic heterocycles. The first-order chi connectivity index (χ1) is 4.84. The summed E-state index contributed by atoms with van der Waals surface area (Å²) in [4.78, 5) is 0. The van der Waals surface area contributed by atoms with Crippen molar-refractivity contribution < 1.29 is 4.39 Å². The zero-order valence-electron chi connectivity index (χ0n) is 6.57. The molecule has 1 N–H and O–H groups in total. The molecule has 0 bridgehead atoms. The van der Waals surface area contributed by atoms with E-state index in [4.69, 9.17) is 0 Å². The van der Waals surface area contributed by atoms with Crippen molar-refractivity contribution in [3.05, 3.63) is 0 Å². The predicted octanol–water partition coefficient (Wildman–Crippen LogP) is 1.88. The average Bonchev–Trinajstić information content (AvgIpc) is 1.94. The summed E-state index contributed by atoms with van der Waals surface area (Å²) in [5.41, 5.74) is 0. The van der Waals surface area contributed by atoms with Gasteiger partial charge >= 0.3 is 0 Å². The molecule has 1 aliphatic carbocycles. The van der Waals surface area contributed by atoms with E-state index in [1.54, 1.807) is 0 Å². The number of nitrogens with one attached hydrogen (secondary N) is 1. The highest BCUT2D eigenvalue weighted by Gasteiger charge is 2.22. The third-order valence-corrected chi connectivity index (χ3v) is 2.15. The highest BCUT2D eigenvalue weighted by Crippen LogP contribution is 2.20. The molecular formula is C8H16FN. The van der Waals surface area contributed by atoms with E-state index >= 15 is 0 Å². The Morgan fingerprint density at radius 1 is 1.40 bits per heavy atom. The van der Waals surface area contributed by atoms with Gasteiger partial charge in [-0.05, 0) is 19.4 Å². The molecule has 60 valence electrons. The molecule has 1 nitrogen and oxygen atoms in total. The van der Waals surface area contributed by atoms with E-state index in [9.17, 15) is 4.39 Å². The maximum absolute atomic E-state index is 13.0. The second-order valence-corrected chi connectivity index (χ2v) is 2.96. The van der Waals surface area contributed by atoms with Crippen molar-refractivity contribution in [2.24, 2.45) is 0 Å². The maximum atomic E-state index is 13.0. The molecule has 10 heavy (non-hydrogen) atoms. The first-order valence-electron chi connectivity index (χ1n) is 4.22. The minimum Gasteiger partial charge on any atom is -0.311 e. The van der Waals surface area contributed by atoms with E-state index in [1.165, 1.54) is 6.42 Å². The van der Waals surface area contributed by atoms with E-state index in [1.807, 2.05) is 6.92 Å². The molecule has 0 spiro atoms. The van der Waals surface area contributed by atoms with Gasteiger partial charge in [0.1, 0.15) is 6.17 Å². The third kappa shape index (κ3) is 1.94. The molecule has 0 heterocycles. The van der Waals surface area contributed by atoms with E-state index in [2.05, 4.69) is 5.32 Å². The van der Waals surface area contributed by atoms with Crippen LogP contribution in [-0.2, 0) is 0 Å². The molecule has 0 amide bonds. The van der Waals surface area contributed by atoms with Gasteiger partial charge in [0.15, 0.2) is 0 Å². The first kappa shape index (κ1) is 7.99. The fourth-order valence-corrected chi connectivity index (χ4v) is 1.58. The van der Waals surface area contributed by atoms with Gasteiger partial charge in [0.05, 0.1) is 0 Å². The summed E-state index contributed by atoms with van der Waals surface area (Å²) in [7, 11) is 0. The lowest BCUT2D eigenvalue weighted by atomic mass is 9.94. The summed E-state index contributed by atoms with van der Waals surface area (Å²) in [5, 5.41) is 3.16. The molecule has 0 aromatic rings. The van der Waals surface area contributed by atoms with Crippen LogP contribution in [0.5, 0.6) is 0 Å². The minimum absolute atomic E-state index is 0.152. The van der Waals surface area contributed by atoms with Gasteiger partial charge in [0.2, 0.25) is 0 Å². The molecular weight excluding hydrogens is 129 g/mol. The molecule has 0 aliphatic heterocycles. The highest BCUT2D eigenvalue weighted by molar-refractivity contribution is 4.79. The van der Waals surface area contributed by atoms with Crippen molar-refractivity contribution in [1.29, 1.82) is 0 Å². The quantitative estimate of drug-likeness (QED) is 0.625. The molecule has 2 heteroatoms. The van der Waals surface area contributed by atoms with Crippen LogP contribution in [0.4, 0.5) is 4.39 Å². The van der Waals surface area contributed by atoms with Gasteiger partial charge in [-0.1, -0.05) is 19.8 Å². The smallest absolute Gasteiger partial charge is 0.115 e. The van der Waals surface area contributed by atoms with Crippen LogP contribution < -0.4 is 5.32 Å². The summed E-state index contributed by atoms with van der Waals surface area (Å²) >= 11 is 0. The SMILES string of the molecule is CCN[C@@H]1CCCC[C@H]1F. The van der Waals surface area contributed by atoms with Crippen molar-refractivity contribution in [2.75, 3.05) is 6.54 Å². The van der Waals surface area contributed by atoms with Gasteiger partial charge in [-0.25, -0.2) is 4.39 Å². The van der Waals surface area contributed by atoms with Crippen LogP contribution in [0.1, 0.15) is 32.6 Å². The molecule has 1 fully saturated rings. The molecule has 1 rings (SSSR count). The van der Waals surface area contributed by atoms with Crippen LogP contribution >= 0.6 is 0 Å². The molecule has 0 unspecified atom stereocenters. The van der Waals surface area contributed by atoms with Gasteiger partial charge in [0, 0.05) is 6.04 Å². The first-order valence-corrected chi connectivity index (χ1v) is 4.22. The number of hydrogen-bond acceptors (Lipinski definition) is 1. The molecule has 0 saturated heterocycles. The van der Waals surface area contributed by atoms with Crippen LogP contribution in [0.2, 0.25) is 0 Å². The fourth-order valence-electron chi connectivity index (χ4n) is 1.58. The summed E-state index contributed by atoms with van der Waals surface area (Å²) in [6, 6.07) is 0.152. The second kappa shape index (κ2) is 3.91. The molecule has 0 aromatic carbocycles. The van der Waals surface area contributed by atoms with Gasteiger partial charge in [-0.15, -0.1) is 0 Å². The van der Waals surface area contributed by atoms with Crippen LogP contribution in [0, 0.1) is 0 Å². The monoisotopic (exact) mass is 145 g/mol. The van der Waals surface area contributed by atoms with Crippen LogP contribution in [0.25, 0.3) is 0 Å². The molecule has 1 aliphatic rings. The summed E-state index contributed by atoms with van der Waals surface area (Å²) in [6.45, 7) is 2.92. The Hall–Kier alpha value is -0.110. The van der Waals surface area contributed by atoms with E-state index in [-0.39, 0.29) is 6.04 Å². The Bertz CT molecular complexity index is 93.3. The van der Waals surface area contributed by atoms with Crippen LogP contribution in [-0.4, -0.2) is 18.8 Å². The fraction of sp³-hybridized carbons (Fsp3) is 1.00. The van der Waals surface area contributed by atoms with Crippen molar-refractivity contribution in [3.8, 4) is 0 Å². The number of hydrogen-bond donors (Lipinski definition) is 1. The Morgan fingerprint density at radius 3 is 2.70 bits per heavy atom. The van der Waals surface area contributed by atoms with Gasteiger partial charge in [0.25, 0.3) is 0 Å². The van der Waals surface area contributed by atoms with E-state index < -0.39 is 6.17 Å². The second-order valence-electron chi connectivity index (χ2n) is 2.96. The zero-order chi connectivity index (χ0) is 7.40. The van der Waals surface area contributed by atoms with Gasteiger partial charge in [-0.2, -0.15) is 0 Å². The van der Waals surface area contributed by atoms with E-state index in [0.717, 1.165) is 25.8 Å². The molecule has 2 atom stereocenters. The Morgan fingerprint density at radius 2 is 2.10 bits per heavy atom. The Labute approximate surface area is 62.0 Å². The maximum Gasteiger partial charge on any atom is 0.115 e. The Kier molecular flexibility index (Phi) is 3.13. The van der Waals surface area contributed by atoms with Crippen molar-refractivity contribution in [1.82, 2.24) is 5.32 Å². The number of rotatable bonds is 2. The number of halogens is 1. The van der Waals surface area contributed by atoms with E-state index in [0.29, 0.717) is 0 Å². The van der Waals surface area contributed by atoms with Crippen LogP contribution in [0.3, 0.4) is 0 Å². The van der Waals surface area contributed by atoms with Crippen LogP contribution in [0.15, 0.2) is 0 Å². The summed E-state index contributed by atoms with van der Waals surface area (Å²) in [6.07, 6.45) is 3.46. The summed E-state index contributed by atoms with van der Waals surface area (Å²) < 4.78 is 13.0.